The molecular formula is C13H18ClN3O. The van der Waals surface area contributed by atoms with Gasteiger partial charge in [0.05, 0.1) is 5.02 Å². The summed E-state index contributed by atoms with van der Waals surface area (Å²) in [7, 11) is 0. The van der Waals surface area contributed by atoms with Crippen molar-refractivity contribution in [3.8, 4) is 0 Å². The summed E-state index contributed by atoms with van der Waals surface area (Å²) >= 11 is 6.01. The first kappa shape index (κ1) is 13.1. The molecule has 4 nitrogen and oxygen atoms in total. The van der Waals surface area contributed by atoms with Crippen molar-refractivity contribution < 1.29 is 4.79 Å². The minimum Gasteiger partial charge on any atom is -0.384 e. The van der Waals surface area contributed by atoms with Crippen molar-refractivity contribution >= 4 is 23.3 Å². The van der Waals surface area contributed by atoms with Gasteiger partial charge in [0.15, 0.2) is 0 Å². The Hall–Kier alpha value is -1.29. The third-order valence-electron chi connectivity index (χ3n) is 3.37. The summed E-state index contributed by atoms with van der Waals surface area (Å²) in [5, 5.41) is 0.367. The summed E-state index contributed by atoms with van der Waals surface area (Å²) in [5.74, 6) is 0.888. The van der Waals surface area contributed by atoms with Crippen LogP contribution < -0.4 is 5.73 Å². The molecule has 1 aromatic rings. The predicted octanol–water partition coefficient (Wildman–Crippen LogP) is 2.58. The van der Waals surface area contributed by atoms with Crippen LogP contribution in [0.15, 0.2) is 12.1 Å². The molecule has 18 heavy (non-hydrogen) atoms. The van der Waals surface area contributed by atoms with E-state index >= 15 is 0 Å². The largest absolute Gasteiger partial charge is 0.384 e. The molecule has 1 fully saturated rings. The number of nitrogens with two attached hydrogens (primary N) is 1. The molecule has 1 aromatic heterocycles. The average Bonchev–Trinajstić information content (AvgIpc) is 2.56. The Bertz CT molecular complexity index is 450. The molecule has 1 unspecified atom stereocenters. The molecule has 0 aliphatic carbocycles. The van der Waals surface area contributed by atoms with Gasteiger partial charge in [-0.15, -0.1) is 0 Å². The molecular weight excluding hydrogens is 250 g/mol. The molecule has 98 valence electrons. The third kappa shape index (κ3) is 2.93. The number of carbonyl (C=O) groups is 1. The summed E-state index contributed by atoms with van der Waals surface area (Å²) < 4.78 is 0. The highest BCUT2D eigenvalue weighted by Crippen LogP contribution is 2.21. The van der Waals surface area contributed by atoms with E-state index in [2.05, 4.69) is 11.9 Å². The molecule has 0 bridgehead atoms. The van der Waals surface area contributed by atoms with E-state index in [4.69, 9.17) is 17.3 Å². The van der Waals surface area contributed by atoms with Gasteiger partial charge in [-0.05, 0) is 37.3 Å². The first-order valence-corrected chi connectivity index (χ1v) is 6.67. The summed E-state index contributed by atoms with van der Waals surface area (Å²) in [5.41, 5.74) is 5.88. The van der Waals surface area contributed by atoms with Crippen LogP contribution in [0.4, 0.5) is 5.82 Å². The van der Waals surface area contributed by atoms with E-state index in [1.54, 1.807) is 12.1 Å². The lowest BCUT2D eigenvalue weighted by Gasteiger charge is -2.20. The monoisotopic (exact) mass is 267 g/mol. The lowest BCUT2D eigenvalue weighted by Crippen LogP contribution is -2.33. The fraction of sp³-hybridized carbons (Fsp3) is 0.538. The van der Waals surface area contributed by atoms with Crippen molar-refractivity contribution in [2.24, 2.45) is 5.92 Å². The van der Waals surface area contributed by atoms with Crippen molar-refractivity contribution in [3.05, 3.63) is 22.8 Å². The Morgan fingerprint density at radius 2 is 2.22 bits per heavy atom. The number of aromatic nitrogens is 1. The van der Waals surface area contributed by atoms with Crippen LogP contribution in [0.2, 0.25) is 5.02 Å². The molecule has 0 spiro atoms. The Morgan fingerprint density at radius 3 is 3.00 bits per heavy atom. The number of pyridine rings is 1. The van der Waals surface area contributed by atoms with Crippen LogP contribution in [0.5, 0.6) is 0 Å². The highest BCUT2D eigenvalue weighted by molar-refractivity contribution is 6.33. The normalized spacial score (nSPS) is 20.6. The van der Waals surface area contributed by atoms with Crippen LogP contribution in [0.1, 0.15) is 36.7 Å². The average molecular weight is 268 g/mol. The Balaban J connectivity index is 2.17. The highest BCUT2D eigenvalue weighted by atomic mass is 35.5. The molecule has 0 aromatic carbocycles. The van der Waals surface area contributed by atoms with Gasteiger partial charge in [0.1, 0.15) is 11.5 Å². The van der Waals surface area contributed by atoms with Crippen LogP contribution in [-0.4, -0.2) is 28.9 Å². The first-order chi connectivity index (χ1) is 8.58. The number of anilines is 1. The molecule has 5 heteroatoms. The number of hydrogen-bond acceptors (Lipinski definition) is 3. The topological polar surface area (TPSA) is 59.2 Å². The zero-order valence-corrected chi connectivity index (χ0v) is 11.3. The number of likely N-dealkylation sites (tertiary alicyclic amines) is 1. The molecule has 1 saturated heterocycles. The first-order valence-electron chi connectivity index (χ1n) is 6.29. The van der Waals surface area contributed by atoms with Crippen LogP contribution >= 0.6 is 11.6 Å². The molecule has 2 N–H and O–H groups in total. The zero-order chi connectivity index (χ0) is 13.1. The maximum Gasteiger partial charge on any atom is 0.274 e. The standard InChI is InChI=1S/C13H18ClN3O/c1-9-3-2-7-17(8-6-9)13(18)12-10(14)4-5-11(15)16-12/h4-5,9H,2-3,6-8H2,1H3,(H2,15,16). The number of rotatable bonds is 1. The number of hydrogen-bond donors (Lipinski definition) is 1. The molecule has 1 atom stereocenters. The van der Waals surface area contributed by atoms with Crippen LogP contribution in [0.25, 0.3) is 0 Å². The lowest BCUT2D eigenvalue weighted by molar-refractivity contribution is 0.0755. The van der Waals surface area contributed by atoms with Gasteiger partial charge in [0, 0.05) is 13.1 Å². The maximum atomic E-state index is 12.4. The SMILES string of the molecule is CC1CCCN(C(=O)c2nc(N)ccc2Cl)CC1. The van der Waals surface area contributed by atoms with E-state index in [1.165, 1.54) is 6.42 Å². The Kier molecular flexibility index (Phi) is 4.07. The maximum absolute atomic E-state index is 12.4. The minimum absolute atomic E-state index is 0.110. The predicted molar refractivity (Wildman–Crippen MR) is 72.6 cm³/mol. The third-order valence-corrected chi connectivity index (χ3v) is 3.68. The van der Waals surface area contributed by atoms with Crippen molar-refractivity contribution in [3.63, 3.8) is 0 Å². The van der Waals surface area contributed by atoms with Crippen LogP contribution in [0.3, 0.4) is 0 Å². The molecule has 0 radical (unpaired) electrons. The van der Waals surface area contributed by atoms with E-state index in [0.717, 1.165) is 25.9 Å². The van der Waals surface area contributed by atoms with Crippen molar-refractivity contribution in [1.29, 1.82) is 0 Å². The van der Waals surface area contributed by atoms with Gasteiger partial charge >= 0.3 is 0 Å². The van der Waals surface area contributed by atoms with Gasteiger partial charge in [-0.2, -0.15) is 0 Å². The quantitative estimate of drug-likeness (QED) is 0.851. The zero-order valence-electron chi connectivity index (χ0n) is 10.5. The number of halogens is 1. The molecule has 1 aliphatic heterocycles. The van der Waals surface area contributed by atoms with E-state index in [1.807, 2.05) is 4.90 Å². The molecule has 1 aliphatic rings. The fourth-order valence-corrected chi connectivity index (χ4v) is 2.41. The second-order valence-electron chi connectivity index (χ2n) is 4.89. The van der Waals surface area contributed by atoms with Gasteiger partial charge < -0.3 is 10.6 Å². The van der Waals surface area contributed by atoms with Gasteiger partial charge in [0.2, 0.25) is 0 Å². The summed E-state index contributed by atoms with van der Waals surface area (Å²) in [6.45, 7) is 3.77. The number of nitrogen functional groups attached to an aromatic ring is 1. The lowest BCUT2D eigenvalue weighted by atomic mass is 10.0. The van der Waals surface area contributed by atoms with Crippen LogP contribution in [0, 0.1) is 5.92 Å². The van der Waals surface area contributed by atoms with E-state index in [-0.39, 0.29) is 11.6 Å². The van der Waals surface area contributed by atoms with Gasteiger partial charge in [-0.1, -0.05) is 18.5 Å². The van der Waals surface area contributed by atoms with Crippen molar-refractivity contribution in [2.75, 3.05) is 18.8 Å². The molecule has 2 heterocycles. The van der Waals surface area contributed by atoms with E-state index < -0.39 is 0 Å². The van der Waals surface area contributed by atoms with E-state index in [9.17, 15) is 4.79 Å². The van der Waals surface area contributed by atoms with Gasteiger partial charge in [-0.25, -0.2) is 4.98 Å². The second-order valence-corrected chi connectivity index (χ2v) is 5.30. The smallest absolute Gasteiger partial charge is 0.274 e. The molecule has 2 rings (SSSR count). The number of nitrogens with zero attached hydrogens (tertiary/aromatic N) is 2. The molecule has 1 amide bonds. The minimum atomic E-state index is -0.110. The van der Waals surface area contributed by atoms with Gasteiger partial charge in [0.25, 0.3) is 5.91 Å². The fourth-order valence-electron chi connectivity index (χ4n) is 2.22. The summed E-state index contributed by atoms with van der Waals surface area (Å²) in [6, 6.07) is 3.22. The van der Waals surface area contributed by atoms with Crippen molar-refractivity contribution in [2.45, 2.75) is 26.2 Å². The van der Waals surface area contributed by atoms with Gasteiger partial charge in [-0.3, -0.25) is 4.79 Å². The molecule has 0 saturated carbocycles. The Labute approximate surface area is 112 Å². The number of amides is 1. The Morgan fingerprint density at radius 1 is 1.44 bits per heavy atom. The van der Waals surface area contributed by atoms with E-state index in [0.29, 0.717) is 16.8 Å². The second kappa shape index (κ2) is 5.57. The summed E-state index contributed by atoms with van der Waals surface area (Å²) in [6.07, 6.45) is 3.24. The highest BCUT2D eigenvalue weighted by Gasteiger charge is 2.22. The number of carbonyl (C=O) groups excluding carboxylic acids is 1. The van der Waals surface area contributed by atoms with Crippen LogP contribution in [-0.2, 0) is 0 Å². The summed E-state index contributed by atoms with van der Waals surface area (Å²) in [4.78, 5) is 18.2. The van der Waals surface area contributed by atoms with Crippen molar-refractivity contribution in [1.82, 2.24) is 9.88 Å².